The standard InChI is InChI=1S/C9H13N5O3S/c15-7(16)5-2-1-3-6(4-5)10-8(17)11-9-12-13-14-18-9/h5-6H,1-4H2,(H,15,16)(H2,10,11,12,14,17). The summed E-state index contributed by atoms with van der Waals surface area (Å²) >= 11 is 0.980. The number of carboxylic acids is 1. The van der Waals surface area contributed by atoms with Crippen LogP contribution in [0, 0.1) is 5.92 Å². The van der Waals surface area contributed by atoms with Crippen LogP contribution in [0.25, 0.3) is 0 Å². The summed E-state index contributed by atoms with van der Waals surface area (Å²) in [7, 11) is 0. The first-order chi connectivity index (χ1) is 8.65. The third kappa shape index (κ3) is 3.36. The lowest BCUT2D eigenvalue weighted by Crippen LogP contribution is -2.42. The maximum Gasteiger partial charge on any atom is 0.321 e. The minimum absolute atomic E-state index is 0.110. The Morgan fingerprint density at radius 1 is 1.39 bits per heavy atom. The van der Waals surface area contributed by atoms with Crippen LogP contribution in [0.15, 0.2) is 0 Å². The first kappa shape index (κ1) is 12.7. The van der Waals surface area contributed by atoms with Gasteiger partial charge in [-0.1, -0.05) is 16.0 Å². The first-order valence-corrected chi connectivity index (χ1v) is 6.38. The van der Waals surface area contributed by atoms with Crippen molar-refractivity contribution in [1.82, 2.24) is 20.1 Å². The van der Waals surface area contributed by atoms with E-state index in [4.69, 9.17) is 5.11 Å². The van der Waals surface area contributed by atoms with Crippen LogP contribution in [0.2, 0.25) is 0 Å². The highest BCUT2D eigenvalue weighted by atomic mass is 32.1. The van der Waals surface area contributed by atoms with E-state index in [0.717, 1.165) is 24.4 Å². The number of amides is 2. The number of nitrogens with one attached hydrogen (secondary N) is 2. The van der Waals surface area contributed by atoms with Crippen LogP contribution in [0.1, 0.15) is 25.7 Å². The Bertz CT molecular complexity index is 424. The third-order valence-electron chi connectivity index (χ3n) is 2.88. The summed E-state index contributed by atoms with van der Waals surface area (Å²) in [6.45, 7) is 0. The molecule has 8 nitrogen and oxygen atoms in total. The van der Waals surface area contributed by atoms with Gasteiger partial charge in [0.1, 0.15) is 0 Å². The molecule has 98 valence electrons. The highest BCUT2D eigenvalue weighted by molar-refractivity contribution is 7.09. The second-order valence-electron chi connectivity index (χ2n) is 4.16. The smallest absolute Gasteiger partial charge is 0.321 e. The molecule has 2 rings (SSSR count). The first-order valence-electron chi connectivity index (χ1n) is 5.60. The lowest BCUT2D eigenvalue weighted by Gasteiger charge is -2.27. The molecule has 1 aromatic heterocycles. The van der Waals surface area contributed by atoms with E-state index in [0.29, 0.717) is 18.0 Å². The number of rotatable bonds is 3. The molecule has 0 saturated heterocycles. The number of aromatic nitrogens is 3. The van der Waals surface area contributed by atoms with E-state index in [9.17, 15) is 9.59 Å². The molecule has 0 bridgehead atoms. The molecule has 1 saturated carbocycles. The number of hydrogen-bond acceptors (Lipinski definition) is 6. The zero-order chi connectivity index (χ0) is 13.0. The van der Waals surface area contributed by atoms with Crippen molar-refractivity contribution in [1.29, 1.82) is 0 Å². The lowest BCUT2D eigenvalue weighted by molar-refractivity contribution is -0.143. The van der Waals surface area contributed by atoms with Crippen LogP contribution < -0.4 is 10.6 Å². The predicted octanol–water partition coefficient (Wildman–Crippen LogP) is 0.698. The maximum atomic E-state index is 11.6. The summed E-state index contributed by atoms with van der Waals surface area (Å²) in [6.07, 6.45) is 2.75. The molecule has 9 heteroatoms. The number of anilines is 1. The molecule has 3 N–H and O–H groups in total. The fourth-order valence-corrected chi connectivity index (χ4v) is 2.41. The average molecular weight is 271 g/mol. The van der Waals surface area contributed by atoms with Crippen molar-refractivity contribution in [3.05, 3.63) is 0 Å². The van der Waals surface area contributed by atoms with Crippen LogP contribution >= 0.6 is 11.5 Å². The Hall–Kier alpha value is -1.77. The largest absolute Gasteiger partial charge is 0.481 e. The number of carbonyl (C=O) groups excluding carboxylic acids is 1. The Kier molecular flexibility index (Phi) is 4.03. The molecule has 0 aliphatic heterocycles. The van der Waals surface area contributed by atoms with Crippen LogP contribution in [0.4, 0.5) is 9.93 Å². The normalized spacial score (nSPS) is 23.3. The monoisotopic (exact) mass is 271 g/mol. The fourth-order valence-electron chi connectivity index (χ4n) is 2.05. The summed E-state index contributed by atoms with van der Waals surface area (Å²) in [5, 5.41) is 21.4. The SMILES string of the molecule is O=C(Nc1nnns1)NC1CCCC(C(=O)O)C1. The molecule has 2 amide bonds. The van der Waals surface area contributed by atoms with Crippen LogP contribution in [0.5, 0.6) is 0 Å². The molecule has 18 heavy (non-hydrogen) atoms. The van der Waals surface area contributed by atoms with Crippen molar-refractivity contribution in [2.24, 2.45) is 5.92 Å². The second kappa shape index (κ2) is 5.71. The van der Waals surface area contributed by atoms with Gasteiger partial charge in [-0.3, -0.25) is 10.1 Å². The highest BCUT2D eigenvalue weighted by Crippen LogP contribution is 2.24. The zero-order valence-corrected chi connectivity index (χ0v) is 10.3. The van der Waals surface area contributed by atoms with Crippen molar-refractivity contribution in [3.63, 3.8) is 0 Å². The number of urea groups is 1. The predicted molar refractivity (Wildman–Crippen MR) is 63.2 cm³/mol. The van der Waals surface area contributed by atoms with E-state index in [1.54, 1.807) is 0 Å². The van der Waals surface area contributed by atoms with Gasteiger partial charge in [-0.15, -0.1) is 0 Å². The minimum atomic E-state index is -0.796. The van der Waals surface area contributed by atoms with E-state index in [1.807, 2.05) is 0 Å². The molecule has 0 aromatic carbocycles. The number of carboxylic acid groups (broad SMARTS) is 1. The van der Waals surface area contributed by atoms with Gasteiger partial charge in [-0.25, -0.2) is 4.79 Å². The van der Waals surface area contributed by atoms with Gasteiger partial charge < -0.3 is 10.4 Å². The number of nitrogens with zero attached hydrogens (tertiary/aromatic N) is 3. The van der Waals surface area contributed by atoms with Gasteiger partial charge in [0, 0.05) is 17.6 Å². The minimum Gasteiger partial charge on any atom is -0.481 e. The molecule has 0 radical (unpaired) electrons. The fraction of sp³-hybridized carbons (Fsp3) is 0.667. The third-order valence-corrected chi connectivity index (χ3v) is 3.39. The molecule has 2 unspecified atom stereocenters. The van der Waals surface area contributed by atoms with Crippen LogP contribution in [-0.4, -0.2) is 37.9 Å². The van der Waals surface area contributed by atoms with Crippen molar-refractivity contribution < 1.29 is 14.7 Å². The Morgan fingerprint density at radius 2 is 2.22 bits per heavy atom. The maximum absolute atomic E-state index is 11.6. The van der Waals surface area contributed by atoms with E-state index in [-0.39, 0.29) is 12.0 Å². The van der Waals surface area contributed by atoms with Gasteiger partial charge in [0.15, 0.2) is 0 Å². The van der Waals surface area contributed by atoms with Crippen LogP contribution in [-0.2, 0) is 4.79 Å². The molecule has 1 aliphatic rings. The molecular weight excluding hydrogens is 258 g/mol. The van der Waals surface area contributed by atoms with E-state index in [1.165, 1.54) is 0 Å². The van der Waals surface area contributed by atoms with Crippen molar-refractivity contribution in [2.45, 2.75) is 31.7 Å². The molecule has 1 aromatic rings. The Balaban J connectivity index is 1.81. The summed E-state index contributed by atoms with van der Waals surface area (Å²) in [4.78, 5) is 22.5. The molecule has 1 heterocycles. The topological polar surface area (TPSA) is 117 Å². The molecule has 0 spiro atoms. The highest BCUT2D eigenvalue weighted by Gasteiger charge is 2.27. The molecule has 2 atom stereocenters. The second-order valence-corrected chi connectivity index (χ2v) is 4.90. The molecule has 1 fully saturated rings. The van der Waals surface area contributed by atoms with Gasteiger partial charge in [0.05, 0.1) is 5.92 Å². The number of aliphatic carboxylic acids is 1. The molecular formula is C9H13N5O3S. The summed E-state index contributed by atoms with van der Waals surface area (Å²) in [5.41, 5.74) is 0. The summed E-state index contributed by atoms with van der Waals surface area (Å²) in [5.74, 6) is -1.16. The van der Waals surface area contributed by atoms with E-state index < -0.39 is 12.0 Å². The summed E-state index contributed by atoms with van der Waals surface area (Å²) < 4.78 is 3.52. The van der Waals surface area contributed by atoms with Crippen LogP contribution in [0.3, 0.4) is 0 Å². The van der Waals surface area contributed by atoms with Gasteiger partial charge >= 0.3 is 12.0 Å². The van der Waals surface area contributed by atoms with Crippen molar-refractivity contribution >= 4 is 28.7 Å². The number of hydrogen-bond donors (Lipinski definition) is 3. The van der Waals surface area contributed by atoms with Gasteiger partial charge in [-0.05, 0) is 24.5 Å². The number of carbonyl (C=O) groups is 2. The average Bonchev–Trinajstić information content (AvgIpc) is 2.82. The lowest BCUT2D eigenvalue weighted by atomic mass is 9.86. The Labute approximate surface area is 107 Å². The van der Waals surface area contributed by atoms with E-state index in [2.05, 4.69) is 25.4 Å². The zero-order valence-electron chi connectivity index (χ0n) is 9.50. The van der Waals surface area contributed by atoms with Gasteiger partial charge in [-0.2, -0.15) is 0 Å². The van der Waals surface area contributed by atoms with Crippen molar-refractivity contribution in [3.8, 4) is 0 Å². The van der Waals surface area contributed by atoms with Gasteiger partial charge in [0.2, 0.25) is 5.13 Å². The summed E-state index contributed by atoms with van der Waals surface area (Å²) in [6, 6.07) is -0.509. The van der Waals surface area contributed by atoms with Crippen molar-refractivity contribution in [2.75, 3.05) is 5.32 Å². The quantitative estimate of drug-likeness (QED) is 0.744. The Morgan fingerprint density at radius 3 is 2.89 bits per heavy atom. The molecule has 1 aliphatic carbocycles. The van der Waals surface area contributed by atoms with E-state index >= 15 is 0 Å². The van der Waals surface area contributed by atoms with Gasteiger partial charge in [0.25, 0.3) is 0 Å².